The first-order valence-electron chi connectivity index (χ1n) is 8.32. The maximum Gasteiger partial charge on any atom is 0.263 e. The number of carbonyl (C=O) groups is 1. The lowest BCUT2D eigenvalue weighted by Gasteiger charge is -2.25. The molecule has 2 aromatic rings. The van der Waals surface area contributed by atoms with Gasteiger partial charge in [0.05, 0.1) is 11.2 Å². The molecule has 1 atom stereocenters. The van der Waals surface area contributed by atoms with E-state index in [1.807, 2.05) is 47.7 Å². The van der Waals surface area contributed by atoms with Crippen LogP contribution in [-0.4, -0.2) is 53.0 Å². The van der Waals surface area contributed by atoms with Crippen molar-refractivity contribution < 1.29 is 9.53 Å². The SMILES string of the molecule is C[C@H](Oc1ccccc1)C(=O)N1CCCN(Cc2cscn2)CC1. The van der Waals surface area contributed by atoms with E-state index in [1.54, 1.807) is 11.3 Å². The van der Waals surface area contributed by atoms with Gasteiger partial charge in [0.2, 0.25) is 0 Å². The molecule has 1 aromatic carbocycles. The van der Waals surface area contributed by atoms with E-state index in [0.717, 1.165) is 50.6 Å². The van der Waals surface area contributed by atoms with Gasteiger partial charge in [-0.25, -0.2) is 4.98 Å². The second-order valence-corrected chi connectivity index (χ2v) is 6.73. The third kappa shape index (κ3) is 4.55. The van der Waals surface area contributed by atoms with Gasteiger partial charge < -0.3 is 9.64 Å². The van der Waals surface area contributed by atoms with Crippen LogP contribution in [0.15, 0.2) is 41.2 Å². The Morgan fingerprint density at radius 1 is 1.25 bits per heavy atom. The van der Waals surface area contributed by atoms with Crippen molar-refractivity contribution in [1.82, 2.24) is 14.8 Å². The van der Waals surface area contributed by atoms with E-state index in [-0.39, 0.29) is 5.91 Å². The highest BCUT2D eigenvalue weighted by Crippen LogP contribution is 2.14. The molecule has 2 heterocycles. The van der Waals surface area contributed by atoms with E-state index < -0.39 is 6.10 Å². The van der Waals surface area contributed by atoms with Crippen LogP contribution in [0.25, 0.3) is 0 Å². The first kappa shape index (κ1) is 16.9. The van der Waals surface area contributed by atoms with Gasteiger partial charge in [-0.05, 0) is 25.5 Å². The van der Waals surface area contributed by atoms with E-state index in [2.05, 4.69) is 15.3 Å². The van der Waals surface area contributed by atoms with Crippen molar-refractivity contribution in [3.63, 3.8) is 0 Å². The normalized spacial score (nSPS) is 17.3. The standard InChI is InChI=1S/C18H23N3O2S/c1-15(23-17-6-3-2-4-7-17)18(22)21-9-5-8-20(10-11-21)12-16-13-24-14-19-16/h2-4,6-7,13-15H,5,8-12H2,1H3/t15-/m0/s1. The highest BCUT2D eigenvalue weighted by molar-refractivity contribution is 7.07. The molecule has 24 heavy (non-hydrogen) atoms. The van der Waals surface area contributed by atoms with Crippen LogP contribution in [0.3, 0.4) is 0 Å². The smallest absolute Gasteiger partial charge is 0.263 e. The first-order valence-corrected chi connectivity index (χ1v) is 9.26. The number of hydrogen-bond donors (Lipinski definition) is 0. The highest BCUT2D eigenvalue weighted by atomic mass is 32.1. The van der Waals surface area contributed by atoms with Crippen LogP contribution in [0.2, 0.25) is 0 Å². The summed E-state index contributed by atoms with van der Waals surface area (Å²) in [7, 11) is 0. The van der Waals surface area contributed by atoms with Gasteiger partial charge in [0, 0.05) is 38.1 Å². The summed E-state index contributed by atoms with van der Waals surface area (Å²) in [5.41, 5.74) is 2.98. The summed E-state index contributed by atoms with van der Waals surface area (Å²) in [6.45, 7) is 6.09. The number of hydrogen-bond acceptors (Lipinski definition) is 5. The zero-order valence-electron chi connectivity index (χ0n) is 13.9. The first-order chi connectivity index (χ1) is 11.7. The summed E-state index contributed by atoms with van der Waals surface area (Å²) >= 11 is 1.62. The molecule has 0 bridgehead atoms. The molecule has 5 nitrogen and oxygen atoms in total. The molecular weight excluding hydrogens is 322 g/mol. The Morgan fingerprint density at radius 2 is 2.08 bits per heavy atom. The number of rotatable bonds is 5. The average Bonchev–Trinajstić information content (AvgIpc) is 2.99. The lowest BCUT2D eigenvalue weighted by molar-refractivity contribution is -0.137. The van der Waals surface area contributed by atoms with Crippen molar-refractivity contribution in [2.75, 3.05) is 26.2 Å². The minimum Gasteiger partial charge on any atom is -0.481 e. The average molecular weight is 345 g/mol. The van der Waals surface area contributed by atoms with Gasteiger partial charge in [0.1, 0.15) is 5.75 Å². The minimum absolute atomic E-state index is 0.0642. The van der Waals surface area contributed by atoms with Gasteiger partial charge in [0.25, 0.3) is 5.91 Å². The molecule has 0 radical (unpaired) electrons. The van der Waals surface area contributed by atoms with Crippen molar-refractivity contribution in [3.8, 4) is 5.75 Å². The molecule has 6 heteroatoms. The fourth-order valence-corrected chi connectivity index (χ4v) is 3.45. The molecule has 1 aliphatic rings. The number of thiazole rings is 1. The fourth-order valence-electron chi connectivity index (χ4n) is 2.90. The number of nitrogens with zero attached hydrogens (tertiary/aromatic N) is 3. The lowest BCUT2D eigenvalue weighted by Crippen LogP contribution is -2.42. The molecule has 1 saturated heterocycles. The van der Waals surface area contributed by atoms with Crippen LogP contribution < -0.4 is 4.74 Å². The van der Waals surface area contributed by atoms with E-state index in [4.69, 9.17) is 4.74 Å². The summed E-state index contributed by atoms with van der Waals surface area (Å²) in [6, 6.07) is 9.51. The van der Waals surface area contributed by atoms with E-state index in [9.17, 15) is 4.79 Å². The third-order valence-electron chi connectivity index (χ3n) is 4.17. The number of benzene rings is 1. The number of para-hydroxylation sites is 1. The Morgan fingerprint density at radius 3 is 2.83 bits per heavy atom. The summed E-state index contributed by atoms with van der Waals surface area (Å²) < 4.78 is 5.77. The Balaban J connectivity index is 1.52. The van der Waals surface area contributed by atoms with Crippen LogP contribution in [0.1, 0.15) is 19.0 Å². The molecule has 1 fully saturated rings. The monoisotopic (exact) mass is 345 g/mol. The maximum absolute atomic E-state index is 12.7. The van der Waals surface area contributed by atoms with Gasteiger partial charge in [-0.15, -0.1) is 11.3 Å². The van der Waals surface area contributed by atoms with Crippen molar-refractivity contribution in [2.45, 2.75) is 26.0 Å². The predicted molar refractivity (Wildman–Crippen MR) is 95.1 cm³/mol. The zero-order chi connectivity index (χ0) is 16.8. The Kier molecular flexibility index (Phi) is 5.82. The molecule has 0 saturated carbocycles. The fraction of sp³-hybridized carbons (Fsp3) is 0.444. The topological polar surface area (TPSA) is 45.7 Å². The van der Waals surface area contributed by atoms with Crippen LogP contribution in [0, 0.1) is 0 Å². The van der Waals surface area contributed by atoms with E-state index in [1.165, 1.54) is 0 Å². The van der Waals surface area contributed by atoms with Crippen LogP contribution >= 0.6 is 11.3 Å². The number of carbonyl (C=O) groups excluding carboxylic acids is 1. The Hall–Kier alpha value is -1.92. The second-order valence-electron chi connectivity index (χ2n) is 6.01. The summed E-state index contributed by atoms with van der Waals surface area (Å²) in [5, 5.41) is 2.09. The van der Waals surface area contributed by atoms with Crippen LogP contribution in [0.5, 0.6) is 5.75 Å². The summed E-state index contributed by atoms with van der Waals surface area (Å²) in [5.74, 6) is 0.799. The molecule has 0 aliphatic carbocycles. The molecule has 1 amide bonds. The van der Waals surface area contributed by atoms with Crippen molar-refractivity contribution in [1.29, 1.82) is 0 Å². The van der Waals surface area contributed by atoms with Crippen molar-refractivity contribution >= 4 is 17.2 Å². The molecule has 1 aromatic heterocycles. The number of ether oxygens (including phenoxy) is 1. The molecule has 1 aliphatic heterocycles. The summed E-state index contributed by atoms with van der Waals surface area (Å²) in [4.78, 5) is 21.3. The van der Waals surface area contributed by atoms with Gasteiger partial charge >= 0.3 is 0 Å². The molecule has 0 N–H and O–H groups in total. The molecule has 3 rings (SSSR count). The van der Waals surface area contributed by atoms with Crippen molar-refractivity contribution in [2.24, 2.45) is 0 Å². The lowest BCUT2D eigenvalue weighted by atomic mass is 10.3. The number of amides is 1. The quantitative estimate of drug-likeness (QED) is 0.836. The third-order valence-corrected chi connectivity index (χ3v) is 4.81. The Labute approximate surface area is 146 Å². The van der Waals surface area contributed by atoms with Gasteiger partial charge in [-0.1, -0.05) is 18.2 Å². The number of aromatic nitrogens is 1. The molecular formula is C18H23N3O2S. The molecule has 0 spiro atoms. The minimum atomic E-state index is -0.461. The van der Waals surface area contributed by atoms with Crippen LogP contribution in [0.4, 0.5) is 0 Å². The van der Waals surface area contributed by atoms with Gasteiger partial charge in [-0.2, -0.15) is 0 Å². The summed E-state index contributed by atoms with van der Waals surface area (Å²) in [6.07, 6.45) is 0.519. The second kappa shape index (κ2) is 8.26. The van der Waals surface area contributed by atoms with Gasteiger partial charge in [0.15, 0.2) is 6.10 Å². The van der Waals surface area contributed by atoms with Gasteiger partial charge in [-0.3, -0.25) is 9.69 Å². The van der Waals surface area contributed by atoms with Crippen LogP contribution in [-0.2, 0) is 11.3 Å². The molecule has 0 unspecified atom stereocenters. The Bertz CT molecular complexity index is 633. The van der Waals surface area contributed by atoms with E-state index in [0.29, 0.717) is 0 Å². The maximum atomic E-state index is 12.7. The predicted octanol–water partition coefficient (Wildman–Crippen LogP) is 2.64. The van der Waals surface area contributed by atoms with E-state index >= 15 is 0 Å². The zero-order valence-corrected chi connectivity index (χ0v) is 14.7. The largest absolute Gasteiger partial charge is 0.481 e. The van der Waals surface area contributed by atoms with Crippen molar-refractivity contribution in [3.05, 3.63) is 46.9 Å². The molecule has 128 valence electrons. The highest BCUT2D eigenvalue weighted by Gasteiger charge is 2.24.